The van der Waals surface area contributed by atoms with Crippen molar-refractivity contribution in [3.05, 3.63) is 64.7 Å². The monoisotopic (exact) mass is 365 g/mol. The maximum absolute atomic E-state index is 12.8. The molecule has 0 spiro atoms. The van der Waals surface area contributed by atoms with Crippen LogP contribution in [-0.2, 0) is 11.3 Å². The topological polar surface area (TPSA) is 75.4 Å². The van der Waals surface area contributed by atoms with Gasteiger partial charge in [0.2, 0.25) is 5.91 Å². The van der Waals surface area contributed by atoms with E-state index in [0.717, 1.165) is 11.1 Å². The smallest absolute Gasteiger partial charge is 0.254 e. The number of aryl methyl sites for hydroxylation is 2. The van der Waals surface area contributed by atoms with Crippen molar-refractivity contribution >= 4 is 17.5 Å². The predicted molar refractivity (Wildman–Crippen MR) is 107 cm³/mol. The maximum atomic E-state index is 12.8. The summed E-state index contributed by atoms with van der Waals surface area (Å²) in [6.45, 7) is 5.69. The fourth-order valence-electron chi connectivity index (χ4n) is 3.42. The van der Waals surface area contributed by atoms with Crippen molar-refractivity contribution in [1.29, 1.82) is 0 Å². The Kier molecular flexibility index (Phi) is 5.79. The van der Waals surface area contributed by atoms with Gasteiger partial charge in [-0.25, -0.2) is 0 Å². The highest BCUT2D eigenvalue weighted by Crippen LogP contribution is 2.21. The largest absolute Gasteiger partial charge is 0.399 e. The first-order valence-corrected chi connectivity index (χ1v) is 9.42. The summed E-state index contributed by atoms with van der Waals surface area (Å²) in [5.74, 6) is 0.0301. The molecule has 2 amide bonds. The van der Waals surface area contributed by atoms with Crippen LogP contribution < -0.4 is 11.1 Å². The average Bonchev–Trinajstić information content (AvgIpc) is 2.69. The number of rotatable bonds is 4. The van der Waals surface area contributed by atoms with E-state index in [-0.39, 0.29) is 17.7 Å². The summed E-state index contributed by atoms with van der Waals surface area (Å²) >= 11 is 0. The van der Waals surface area contributed by atoms with E-state index in [1.807, 2.05) is 49.1 Å². The lowest BCUT2D eigenvalue weighted by Gasteiger charge is -2.31. The van der Waals surface area contributed by atoms with E-state index >= 15 is 0 Å². The second-order valence-corrected chi connectivity index (χ2v) is 7.34. The Bertz CT molecular complexity index is 822. The van der Waals surface area contributed by atoms with Gasteiger partial charge < -0.3 is 16.0 Å². The molecular formula is C22H27N3O2. The molecule has 0 radical (unpaired) electrons. The molecule has 0 bridgehead atoms. The van der Waals surface area contributed by atoms with Gasteiger partial charge in [-0.2, -0.15) is 0 Å². The molecule has 1 saturated heterocycles. The first kappa shape index (κ1) is 19.0. The number of likely N-dealkylation sites (tertiary alicyclic amines) is 1. The quantitative estimate of drug-likeness (QED) is 0.818. The fraction of sp³-hybridized carbons (Fsp3) is 0.364. The van der Waals surface area contributed by atoms with Gasteiger partial charge >= 0.3 is 0 Å². The van der Waals surface area contributed by atoms with Crippen LogP contribution in [0.15, 0.2) is 42.5 Å². The molecule has 5 nitrogen and oxygen atoms in total. The van der Waals surface area contributed by atoms with Crippen molar-refractivity contribution in [3.8, 4) is 0 Å². The number of nitrogens with one attached hydrogen (secondary N) is 1. The van der Waals surface area contributed by atoms with Crippen molar-refractivity contribution in [2.45, 2.75) is 33.2 Å². The van der Waals surface area contributed by atoms with E-state index in [1.165, 1.54) is 5.56 Å². The number of nitrogens with zero attached hydrogens (tertiary/aromatic N) is 1. The van der Waals surface area contributed by atoms with Crippen LogP contribution in [0.4, 0.5) is 5.69 Å². The lowest BCUT2D eigenvalue weighted by atomic mass is 9.95. The van der Waals surface area contributed by atoms with E-state index in [0.29, 0.717) is 43.7 Å². The van der Waals surface area contributed by atoms with Gasteiger partial charge in [0.05, 0.1) is 0 Å². The number of anilines is 1. The normalized spacial score (nSPS) is 14.8. The summed E-state index contributed by atoms with van der Waals surface area (Å²) in [5.41, 5.74) is 10.3. The highest BCUT2D eigenvalue weighted by Gasteiger charge is 2.28. The zero-order chi connectivity index (χ0) is 19.4. The summed E-state index contributed by atoms with van der Waals surface area (Å²) in [6.07, 6.45) is 1.37. The number of hydrogen-bond acceptors (Lipinski definition) is 3. The molecule has 0 atom stereocenters. The lowest BCUT2D eigenvalue weighted by molar-refractivity contribution is -0.126. The molecule has 0 unspecified atom stereocenters. The predicted octanol–water partition coefficient (Wildman–Crippen LogP) is 3.05. The van der Waals surface area contributed by atoms with Crippen molar-refractivity contribution in [3.63, 3.8) is 0 Å². The van der Waals surface area contributed by atoms with Crippen LogP contribution in [-0.4, -0.2) is 29.8 Å². The number of piperidine rings is 1. The molecule has 3 rings (SSSR count). The Morgan fingerprint density at radius 2 is 1.74 bits per heavy atom. The summed E-state index contributed by atoms with van der Waals surface area (Å²) in [5, 5.41) is 3.02. The van der Waals surface area contributed by atoms with Crippen molar-refractivity contribution in [2.75, 3.05) is 18.8 Å². The third kappa shape index (κ3) is 4.67. The summed E-state index contributed by atoms with van der Waals surface area (Å²) < 4.78 is 0. The maximum Gasteiger partial charge on any atom is 0.254 e. The second-order valence-electron chi connectivity index (χ2n) is 7.34. The summed E-state index contributed by atoms with van der Waals surface area (Å²) in [7, 11) is 0. The number of carbonyl (C=O) groups excluding carboxylic acids is 2. The minimum absolute atomic E-state index is 0.00156. The number of nitrogen functional groups attached to an aromatic ring is 1. The van der Waals surface area contributed by atoms with Gasteiger partial charge in [-0.1, -0.05) is 35.9 Å². The van der Waals surface area contributed by atoms with Gasteiger partial charge in [0.15, 0.2) is 0 Å². The Morgan fingerprint density at radius 3 is 2.41 bits per heavy atom. The lowest BCUT2D eigenvalue weighted by Crippen LogP contribution is -2.43. The van der Waals surface area contributed by atoms with Crippen molar-refractivity contribution < 1.29 is 9.59 Å². The molecule has 27 heavy (non-hydrogen) atoms. The molecule has 1 aliphatic heterocycles. The van der Waals surface area contributed by atoms with Crippen LogP contribution in [0.1, 0.15) is 39.9 Å². The molecule has 3 N–H and O–H groups in total. The van der Waals surface area contributed by atoms with Gasteiger partial charge in [0.1, 0.15) is 0 Å². The first-order chi connectivity index (χ1) is 12.9. The molecule has 142 valence electrons. The Labute approximate surface area is 160 Å². The number of nitrogens with two attached hydrogens (primary N) is 1. The van der Waals surface area contributed by atoms with Crippen LogP contribution >= 0.6 is 0 Å². The molecule has 0 aliphatic carbocycles. The van der Waals surface area contributed by atoms with Gasteiger partial charge in [0.25, 0.3) is 5.91 Å². The third-order valence-electron chi connectivity index (χ3n) is 5.23. The Morgan fingerprint density at radius 1 is 1.07 bits per heavy atom. The zero-order valence-corrected chi connectivity index (χ0v) is 16.0. The third-order valence-corrected chi connectivity index (χ3v) is 5.23. The standard InChI is InChI=1S/C22H27N3O2/c1-15-3-6-17(7-4-15)14-24-21(26)18-9-11-25(12-10-18)22(27)20-13-19(23)8-5-16(20)2/h3-8,13,18H,9-12,14,23H2,1-2H3,(H,24,26). The van der Waals surface area contributed by atoms with Crippen LogP contribution in [0.5, 0.6) is 0 Å². The van der Waals surface area contributed by atoms with E-state index in [9.17, 15) is 9.59 Å². The Hall–Kier alpha value is -2.82. The molecule has 0 saturated carbocycles. The molecule has 1 heterocycles. The average molecular weight is 365 g/mol. The highest BCUT2D eigenvalue weighted by molar-refractivity contribution is 5.96. The minimum Gasteiger partial charge on any atom is -0.399 e. The number of benzene rings is 2. The summed E-state index contributed by atoms with van der Waals surface area (Å²) in [4.78, 5) is 27.0. The number of amides is 2. The van der Waals surface area contributed by atoms with Crippen LogP contribution in [0.3, 0.4) is 0 Å². The van der Waals surface area contributed by atoms with E-state index < -0.39 is 0 Å². The fourth-order valence-corrected chi connectivity index (χ4v) is 3.42. The van der Waals surface area contributed by atoms with Gasteiger partial charge in [-0.05, 0) is 49.9 Å². The van der Waals surface area contributed by atoms with Crippen molar-refractivity contribution in [2.24, 2.45) is 5.92 Å². The van der Waals surface area contributed by atoms with Crippen molar-refractivity contribution in [1.82, 2.24) is 10.2 Å². The Balaban J connectivity index is 1.52. The SMILES string of the molecule is Cc1ccc(CNC(=O)C2CCN(C(=O)c3cc(N)ccc3C)CC2)cc1. The van der Waals surface area contributed by atoms with Crippen LogP contribution in [0, 0.1) is 19.8 Å². The molecule has 0 aromatic heterocycles. The molecule has 2 aromatic rings. The minimum atomic E-state index is -0.0403. The van der Waals surface area contributed by atoms with Gasteiger partial charge in [0, 0.05) is 36.8 Å². The van der Waals surface area contributed by atoms with E-state index in [1.54, 1.807) is 12.1 Å². The molecule has 1 fully saturated rings. The van der Waals surface area contributed by atoms with E-state index in [2.05, 4.69) is 5.32 Å². The molecular weight excluding hydrogens is 338 g/mol. The second kappa shape index (κ2) is 8.25. The van der Waals surface area contributed by atoms with Gasteiger partial charge in [-0.3, -0.25) is 9.59 Å². The van der Waals surface area contributed by atoms with Gasteiger partial charge in [-0.15, -0.1) is 0 Å². The zero-order valence-electron chi connectivity index (χ0n) is 16.0. The highest BCUT2D eigenvalue weighted by atomic mass is 16.2. The first-order valence-electron chi connectivity index (χ1n) is 9.42. The van der Waals surface area contributed by atoms with Crippen LogP contribution in [0.25, 0.3) is 0 Å². The van der Waals surface area contributed by atoms with Crippen LogP contribution in [0.2, 0.25) is 0 Å². The number of carbonyl (C=O) groups is 2. The molecule has 5 heteroatoms. The van der Waals surface area contributed by atoms with E-state index in [4.69, 9.17) is 5.73 Å². The molecule has 1 aliphatic rings. The number of hydrogen-bond donors (Lipinski definition) is 2. The summed E-state index contributed by atoms with van der Waals surface area (Å²) in [6, 6.07) is 13.6. The molecule has 2 aromatic carbocycles.